The lowest BCUT2D eigenvalue weighted by Gasteiger charge is -2.28. The smallest absolute Gasteiger partial charge is 0.173 e. The molecule has 1 aliphatic heterocycles. The lowest BCUT2D eigenvalue weighted by atomic mass is 9.91. The summed E-state index contributed by atoms with van der Waals surface area (Å²) in [5.74, 6) is 0.861. The Labute approximate surface area is 197 Å². The Bertz CT molecular complexity index is 1210. The summed E-state index contributed by atoms with van der Waals surface area (Å²) in [5, 5.41) is 11.3. The molecule has 0 atom stereocenters. The Balaban J connectivity index is 1.77. The van der Waals surface area contributed by atoms with Gasteiger partial charge in [-0.2, -0.15) is 5.26 Å². The maximum Gasteiger partial charge on any atom is 0.173 e. The molecule has 0 radical (unpaired) electrons. The van der Waals surface area contributed by atoms with Crippen molar-refractivity contribution in [1.82, 2.24) is 9.88 Å². The maximum absolute atomic E-state index is 12.7. The van der Waals surface area contributed by atoms with E-state index in [2.05, 4.69) is 18.0 Å². The summed E-state index contributed by atoms with van der Waals surface area (Å²) in [4.78, 5) is 19.8. The van der Waals surface area contributed by atoms with Crippen LogP contribution in [0.15, 0.2) is 53.6 Å². The van der Waals surface area contributed by atoms with Gasteiger partial charge in [0, 0.05) is 46.9 Å². The van der Waals surface area contributed by atoms with Gasteiger partial charge in [-0.05, 0) is 42.9 Å². The fourth-order valence-corrected chi connectivity index (χ4v) is 4.91. The molecule has 2 aromatic carbocycles. The van der Waals surface area contributed by atoms with E-state index in [1.165, 1.54) is 11.8 Å². The maximum atomic E-state index is 12.7. The first-order valence-corrected chi connectivity index (χ1v) is 11.6. The number of benzene rings is 2. The molecule has 3 aromatic rings. The number of likely N-dealkylation sites (N-methyl/N-ethyl adjacent to an activating group) is 1. The van der Waals surface area contributed by atoms with Gasteiger partial charge in [0.05, 0.1) is 18.4 Å². The zero-order valence-corrected chi connectivity index (χ0v) is 19.5. The van der Waals surface area contributed by atoms with Crippen LogP contribution in [0.5, 0.6) is 5.75 Å². The predicted molar refractivity (Wildman–Crippen MR) is 127 cm³/mol. The number of ether oxygens (including phenoxy) is 1. The number of halogens is 1. The molecule has 0 N–H and O–H groups in total. The number of ketones is 1. The zero-order chi connectivity index (χ0) is 22.7. The fraction of sp³-hybridized carbons (Fsp3) is 0.240. The van der Waals surface area contributed by atoms with Gasteiger partial charge in [0.2, 0.25) is 0 Å². The quantitative estimate of drug-likeness (QED) is 0.367. The highest BCUT2D eigenvalue weighted by Gasteiger charge is 2.26. The molecule has 1 aliphatic rings. The number of aromatic nitrogens is 1. The van der Waals surface area contributed by atoms with Crippen molar-refractivity contribution >= 4 is 29.1 Å². The van der Waals surface area contributed by atoms with Crippen molar-refractivity contribution in [3.8, 4) is 22.9 Å². The van der Waals surface area contributed by atoms with Crippen LogP contribution in [0.4, 0.5) is 0 Å². The number of nitrogens with zero attached hydrogens (tertiary/aromatic N) is 3. The summed E-state index contributed by atoms with van der Waals surface area (Å²) >= 11 is 7.23. The van der Waals surface area contributed by atoms with Crippen molar-refractivity contribution in [2.75, 3.05) is 26.5 Å². The van der Waals surface area contributed by atoms with Gasteiger partial charge < -0.3 is 9.64 Å². The molecule has 5 nitrogen and oxygen atoms in total. The van der Waals surface area contributed by atoms with Gasteiger partial charge in [-0.3, -0.25) is 4.79 Å². The standard InChI is InChI=1S/C25H22ClN3O2S/c1-29-12-11-21-20(14-29)24(18-5-3-4-6-23(18)31-2)19(13-27)25(28-21)32-15-22(30)16-7-9-17(26)10-8-16/h3-10H,11-12,14-15H2,1-2H3. The molecule has 0 saturated heterocycles. The third-order valence-electron chi connectivity index (χ3n) is 5.50. The van der Waals surface area contributed by atoms with Crippen molar-refractivity contribution in [1.29, 1.82) is 5.26 Å². The molecule has 32 heavy (non-hydrogen) atoms. The lowest BCUT2D eigenvalue weighted by Crippen LogP contribution is -2.28. The van der Waals surface area contributed by atoms with E-state index in [1.54, 1.807) is 31.4 Å². The Morgan fingerprint density at radius 3 is 2.72 bits per heavy atom. The SMILES string of the molecule is COc1ccccc1-c1c(C#N)c(SCC(=O)c2ccc(Cl)cc2)nc2c1CN(C)CC2. The number of pyridine rings is 1. The predicted octanol–water partition coefficient (Wildman–Crippen LogP) is 5.25. The molecule has 0 spiro atoms. The second-order valence-corrected chi connectivity index (χ2v) is 9.01. The van der Waals surface area contributed by atoms with Gasteiger partial charge in [0.1, 0.15) is 16.8 Å². The van der Waals surface area contributed by atoms with Gasteiger partial charge in [-0.15, -0.1) is 0 Å². The van der Waals surface area contributed by atoms with Crippen LogP contribution < -0.4 is 4.74 Å². The van der Waals surface area contributed by atoms with Gasteiger partial charge >= 0.3 is 0 Å². The Morgan fingerprint density at radius 1 is 1.25 bits per heavy atom. The minimum atomic E-state index is -0.0337. The van der Waals surface area contributed by atoms with Gasteiger partial charge in [0.15, 0.2) is 5.78 Å². The van der Waals surface area contributed by atoms with Crippen LogP contribution in [0, 0.1) is 11.3 Å². The minimum absolute atomic E-state index is 0.0337. The van der Waals surface area contributed by atoms with E-state index >= 15 is 0 Å². The van der Waals surface area contributed by atoms with Crippen LogP contribution in [0.1, 0.15) is 27.2 Å². The van der Waals surface area contributed by atoms with E-state index in [1.807, 2.05) is 24.3 Å². The third kappa shape index (κ3) is 4.51. The van der Waals surface area contributed by atoms with Gasteiger partial charge in [0.25, 0.3) is 0 Å². The number of rotatable bonds is 6. The average Bonchev–Trinajstić information content (AvgIpc) is 2.82. The number of nitriles is 1. The van der Waals surface area contributed by atoms with Crippen LogP contribution in [0.3, 0.4) is 0 Å². The molecular weight excluding hydrogens is 442 g/mol. The Morgan fingerprint density at radius 2 is 2.00 bits per heavy atom. The second-order valence-electron chi connectivity index (χ2n) is 7.61. The van der Waals surface area contributed by atoms with Crippen molar-refractivity contribution in [2.24, 2.45) is 0 Å². The summed E-state index contributed by atoms with van der Waals surface area (Å²) in [6, 6.07) is 16.9. The number of thioether (sulfide) groups is 1. The Kier molecular flexibility index (Phi) is 6.80. The Hall–Kier alpha value is -2.85. The molecule has 1 aromatic heterocycles. The summed E-state index contributed by atoms with van der Waals surface area (Å²) < 4.78 is 5.61. The molecule has 0 unspecified atom stereocenters. The average molecular weight is 464 g/mol. The monoisotopic (exact) mass is 463 g/mol. The lowest BCUT2D eigenvalue weighted by molar-refractivity contribution is 0.102. The number of fused-ring (bicyclic) bond motifs is 1. The molecule has 0 bridgehead atoms. The molecule has 0 fully saturated rings. The normalized spacial score (nSPS) is 13.3. The molecule has 162 valence electrons. The fourth-order valence-electron chi connectivity index (χ4n) is 3.88. The number of hydrogen-bond acceptors (Lipinski definition) is 6. The first-order valence-electron chi connectivity index (χ1n) is 10.2. The summed E-state index contributed by atoms with van der Waals surface area (Å²) in [5.41, 5.74) is 4.81. The molecular formula is C25H22ClN3O2S. The van der Waals surface area contributed by atoms with E-state index in [0.717, 1.165) is 35.3 Å². The topological polar surface area (TPSA) is 66.2 Å². The van der Waals surface area contributed by atoms with Gasteiger partial charge in [-0.1, -0.05) is 41.6 Å². The van der Waals surface area contributed by atoms with E-state index in [0.29, 0.717) is 33.5 Å². The van der Waals surface area contributed by atoms with E-state index < -0.39 is 0 Å². The summed E-state index contributed by atoms with van der Waals surface area (Å²) in [7, 11) is 3.69. The van der Waals surface area contributed by atoms with Gasteiger partial charge in [-0.25, -0.2) is 4.98 Å². The van der Waals surface area contributed by atoms with E-state index in [9.17, 15) is 10.1 Å². The molecule has 0 amide bonds. The van der Waals surface area contributed by atoms with Crippen LogP contribution in [-0.2, 0) is 13.0 Å². The van der Waals surface area contributed by atoms with Crippen LogP contribution in [0.25, 0.3) is 11.1 Å². The number of para-hydroxylation sites is 1. The van der Waals surface area contributed by atoms with E-state index in [4.69, 9.17) is 21.3 Å². The van der Waals surface area contributed by atoms with Crippen LogP contribution >= 0.6 is 23.4 Å². The van der Waals surface area contributed by atoms with Crippen molar-refractivity contribution in [3.63, 3.8) is 0 Å². The number of methoxy groups -OCH3 is 1. The number of Topliss-reactive ketones (excluding diaryl/α,β-unsaturated/α-hetero) is 1. The van der Waals surface area contributed by atoms with Crippen molar-refractivity contribution in [3.05, 3.63) is 75.9 Å². The van der Waals surface area contributed by atoms with Crippen molar-refractivity contribution < 1.29 is 9.53 Å². The first-order chi connectivity index (χ1) is 15.5. The van der Waals surface area contributed by atoms with E-state index in [-0.39, 0.29) is 11.5 Å². The van der Waals surface area contributed by atoms with Crippen LogP contribution in [-0.4, -0.2) is 42.1 Å². The largest absolute Gasteiger partial charge is 0.496 e. The zero-order valence-electron chi connectivity index (χ0n) is 17.9. The number of carbonyl (C=O) groups excluding carboxylic acids is 1. The minimum Gasteiger partial charge on any atom is -0.496 e. The van der Waals surface area contributed by atoms with Crippen LogP contribution in [0.2, 0.25) is 5.02 Å². The summed E-state index contributed by atoms with van der Waals surface area (Å²) in [6.45, 7) is 1.60. The summed E-state index contributed by atoms with van der Waals surface area (Å²) in [6.07, 6.45) is 0.790. The highest BCUT2D eigenvalue weighted by Crippen LogP contribution is 2.40. The highest BCUT2D eigenvalue weighted by atomic mass is 35.5. The number of hydrogen-bond donors (Lipinski definition) is 0. The van der Waals surface area contributed by atoms with Crippen molar-refractivity contribution in [2.45, 2.75) is 18.0 Å². The molecule has 7 heteroatoms. The number of carbonyl (C=O) groups is 1. The highest BCUT2D eigenvalue weighted by molar-refractivity contribution is 8.00. The third-order valence-corrected chi connectivity index (χ3v) is 6.73. The second kappa shape index (κ2) is 9.74. The molecule has 4 rings (SSSR count). The molecule has 0 aliphatic carbocycles. The molecule has 2 heterocycles. The first kappa shape index (κ1) is 22.3. The molecule has 0 saturated carbocycles.